The molecule has 5 nitrogen and oxygen atoms in total. The van der Waals surface area contributed by atoms with Gasteiger partial charge in [-0.25, -0.2) is 0 Å². The number of aryl methyl sites for hydroxylation is 2. The molecule has 2 aliphatic carbocycles. The maximum atomic E-state index is 13.9. The van der Waals surface area contributed by atoms with Crippen LogP contribution in [-0.4, -0.2) is 30.1 Å². The summed E-state index contributed by atoms with van der Waals surface area (Å²) in [7, 11) is 2.02. The number of Topliss-reactive ketones (excluding diaryl/α,β-unsaturated/α-hetero) is 2. The highest BCUT2D eigenvalue weighted by Gasteiger charge is 2.48. The molecular weight excluding hydrogens is 534 g/mol. The van der Waals surface area contributed by atoms with E-state index in [9.17, 15) is 9.59 Å². The van der Waals surface area contributed by atoms with E-state index in [1.165, 1.54) is 11.1 Å². The van der Waals surface area contributed by atoms with Crippen LogP contribution in [0.2, 0.25) is 5.02 Å². The second-order valence-electron chi connectivity index (χ2n) is 13.6. The smallest absolute Gasteiger partial charge is 0.180 e. The van der Waals surface area contributed by atoms with Gasteiger partial charge in [0, 0.05) is 48.3 Å². The lowest BCUT2D eigenvalue weighted by Gasteiger charge is -2.48. The van der Waals surface area contributed by atoms with Crippen LogP contribution < -0.4 is 9.47 Å². The number of ether oxygens (including phenoxy) is 2. The minimum absolute atomic E-state index is 0.0986. The number of halogens is 1. The van der Waals surface area contributed by atoms with E-state index in [2.05, 4.69) is 64.6 Å². The van der Waals surface area contributed by atoms with Gasteiger partial charge in [0.2, 0.25) is 0 Å². The van der Waals surface area contributed by atoms with Crippen LogP contribution in [0.15, 0.2) is 52.9 Å². The maximum absolute atomic E-state index is 13.9. The first-order valence-electron chi connectivity index (χ1n) is 14.6. The van der Waals surface area contributed by atoms with Crippen molar-refractivity contribution in [1.29, 1.82) is 0 Å². The van der Waals surface area contributed by atoms with Gasteiger partial charge in [0.1, 0.15) is 6.61 Å². The van der Waals surface area contributed by atoms with Crippen LogP contribution in [0.1, 0.15) is 88.5 Å². The Kier molecular flexibility index (Phi) is 7.65. The van der Waals surface area contributed by atoms with Gasteiger partial charge in [-0.2, -0.15) is 0 Å². The van der Waals surface area contributed by atoms with Crippen LogP contribution in [0, 0.1) is 24.7 Å². The molecule has 0 N–H and O–H groups in total. The summed E-state index contributed by atoms with van der Waals surface area (Å²) >= 11 is 6.94. The number of carbonyl (C=O) groups is 2. The standard InChI is InChI=1S/C35H42ClNO4/c1-9-40-29-14-23(13-24(36)33(29)41-19-22-11-20(2)10-21(3)12-22)30-31-25(15-34(4,5)17-27(31)38)37(8)26-16-35(6,7)18-28(39)32(26)30/h10-14,30H,9,15-19H2,1-8H3. The number of hydrogen-bond acceptors (Lipinski definition) is 5. The van der Waals surface area contributed by atoms with E-state index >= 15 is 0 Å². The van der Waals surface area contributed by atoms with Crippen molar-refractivity contribution in [2.45, 2.75) is 86.7 Å². The third-order valence-electron chi connectivity index (χ3n) is 8.51. The lowest BCUT2D eigenvalue weighted by Crippen LogP contribution is -2.43. The molecule has 41 heavy (non-hydrogen) atoms. The molecular formula is C35H42ClNO4. The van der Waals surface area contributed by atoms with Gasteiger partial charge in [-0.05, 0) is 67.7 Å². The molecule has 0 atom stereocenters. The third kappa shape index (κ3) is 5.70. The van der Waals surface area contributed by atoms with Crippen LogP contribution in [0.25, 0.3) is 0 Å². The van der Waals surface area contributed by atoms with Crippen molar-refractivity contribution in [2.75, 3.05) is 13.7 Å². The molecule has 1 aliphatic heterocycles. The summed E-state index contributed by atoms with van der Waals surface area (Å²) in [5, 5.41) is 0.408. The zero-order chi connectivity index (χ0) is 29.9. The van der Waals surface area contributed by atoms with Crippen LogP contribution in [0.3, 0.4) is 0 Å². The van der Waals surface area contributed by atoms with Crippen molar-refractivity contribution >= 4 is 23.2 Å². The quantitative estimate of drug-likeness (QED) is 0.347. The largest absolute Gasteiger partial charge is 0.490 e. The Balaban J connectivity index is 1.63. The van der Waals surface area contributed by atoms with Gasteiger partial charge >= 0.3 is 0 Å². The fraction of sp³-hybridized carbons (Fsp3) is 0.486. The first-order valence-corrected chi connectivity index (χ1v) is 15.0. The molecule has 2 aromatic rings. The van der Waals surface area contributed by atoms with Crippen molar-refractivity contribution in [3.05, 3.63) is 80.1 Å². The molecule has 0 unspecified atom stereocenters. The van der Waals surface area contributed by atoms with Gasteiger partial charge in [0.05, 0.1) is 11.6 Å². The number of rotatable bonds is 6. The van der Waals surface area contributed by atoms with E-state index < -0.39 is 5.92 Å². The molecule has 0 amide bonds. The highest BCUT2D eigenvalue weighted by atomic mass is 35.5. The third-order valence-corrected chi connectivity index (χ3v) is 8.79. The predicted molar refractivity (Wildman–Crippen MR) is 163 cm³/mol. The Morgan fingerprint density at radius 2 is 1.37 bits per heavy atom. The average Bonchev–Trinajstić information content (AvgIpc) is 2.83. The number of allylic oxidation sites excluding steroid dienone is 4. The lowest BCUT2D eigenvalue weighted by molar-refractivity contribution is -0.119. The fourth-order valence-electron chi connectivity index (χ4n) is 6.96. The summed E-state index contributed by atoms with van der Waals surface area (Å²) in [6.07, 6.45) is 2.44. The summed E-state index contributed by atoms with van der Waals surface area (Å²) < 4.78 is 12.3. The van der Waals surface area contributed by atoms with E-state index in [1.54, 1.807) is 0 Å². The zero-order valence-corrected chi connectivity index (χ0v) is 26.4. The molecule has 0 saturated heterocycles. The zero-order valence-electron chi connectivity index (χ0n) is 25.7. The van der Waals surface area contributed by atoms with Gasteiger partial charge in [0.25, 0.3) is 0 Å². The Bertz CT molecular complexity index is 1420. The molecule has 1 heterocycles. The molecule has 218 valence electrons. The van der Waals surface area contributed by atoms with Crippen LogP contribution in [0.5, 0.6) is 11.5 Å². The summed E-state index contributed by atoms with van der Waals surface area (Å²) in [6, 6.07) is 10.1. The molecule has 0 saturated carbocycles. The van der Waals surface area contributed by atoms with Crippen molar-refractivity contribution in [2.24, 2.45) is 10.8 Å². The first kappa shape index (κ1) is 29.4. The summed E-state index contributed by atoms with van der Waals surface area (Å²) in [5.41, 5.74) is 7.37. The monoisotopic (exact) mass is 575 g/mol. The molecule has 0 aromatic heterocycles. The number of hydrogen-bond donors (Lipinski definition) is 0. The van der Waals surface area contributed by atoms with Gasteiger partial charge in [0.15, 0.2) is 23.1 Å². The molecule has 3 aliphatic rings. The SMILES string of the molecule is CCOc1cc(C2C3=C(CC(C)(C)CC3=O)N(C)C3=C2C(=O)CC(C)(C)C3)cc(Cl)c1OCc1cc(C)cc(C)c1. The van der Waals surface area contributed by atoms with E-state index in [-0.39, 0.29) is 22.4 Å². The van der Waals surface area contributed by atoms with E-state index in [4.69, 9.17) is 21.1 Å². The van der Waals surface area contributed by atoms with Crippen molar-refractivity contribution in [1.82, 2.24) is 4.90 Å². The Morgan fingerprint density at radius 3 is 1.88 bits per heavy atom. The number of nitrogens with zero attached hydrogens (tertiary/aromatic N) is 1. The Morgan fingerprint density at radius 1 is 0.829 bits per heavy atom. The van der Waals surface area contributed by atoms with Crippen LogP contribution in [0.4, 0.5) is 0 Å². The van der Waals surface area contributed by atoms with Gasteiger partial charge in [-0.3, -0.25) is 9.59 Å². The summed E-state index contributed by atoms with van der Waals surface area (Å²) in [4.78, 5) is 29.8. The molecule has 0 radical (unpaired) electrons. The minimum Gasteiger partial charge on any atom is -0.490 e. The predicted octanol–water partition coefficient (Wildman–Crippen LogP) is 8.25. The van der Waals surface area contributed by atoms with Crippen LogP contribution in [-0.2, 0) is 16.2 Å². The summed E-state index contributed by atoms with van der Waals surface area (Å²) in [5.74, 6) is 0.714. The molecule has 0 spiro atoms. The fourth-order valence-corrected chi connectivity index (χ4v) is 7.24. The van der Waals surface area contributed by atoms with E-state index in [0.29, 0.717) is 42.6 Å². The highest BCUT2D eigenvalue weighted by molar-refractivity contribution is 6.32. The number of carbonyl (C=O) groups excluding carboxylic acids is 2. The number of benzene rings is 2. The van der Waals surface area contributed by atoms with Gasteiger partial charge in [-0.1, -0.05) is 68.6 Å². The maximum Gasteiger partial charge on any atom is 0.180 e. The van der Waals surface area contributed by atoms with Crippen molar-refractivity contribution in [3.63, 3.8) is 0 Å². The van der Waals surface area contributed by atoms with Gasteiger partial charge < -0.3 is 14.4 Å². The van der Waals surface area contributed by atoms with Crippen LogP contribution >= 0.6 is 11.6 Å². The second-order valence-corrected chi connectivity index (χ2v) is 14.0. The van der Waals surface area contributed by atoms with Gasteiger partial charge in [-0.15, -0.1) is 0 Å². The Hall–Kier alpha value is -3.05. The van der Waals surface area contributed by atoms with Crippen molar-refractivity contribution < 1.29 is 19.1 Å². The molecule has 2 aromatic carbocycles. The first-order chi connectivity index (χ1) is 19.2. The highest BCUT2D eigenvalue weighted by Crippen LogP contribution is 2.55. The van der Waals surface area contributed by atoms with Crippen molar-refractivity contribution in [3.8, 4) is 11.5 Å². The number of ketones is 2. The normalized spacial score (nSPS) is 20.3. The topological polar surface area (TPSA) is 55.8 Å². The molecule has 5 rings (SSSR count). The minimum atomic E-state index is -0.478. The Labute approximate surface area is 249 Å². The molecule has 6 heteroatoms. The lowest BCUT2D eigenvalue weighted by atomic mass is 9.63. The average molecular weight is 576 g/mol. The summed E-state index contributed by atoms with van der Waals surface area (Å²) in [6.45, 7) is 15.4. The second kappa shape index (κ2) is 10.7. The van der Waals surface area contributed by atoms with E-state index in [0.717, 1.165) is 46.5 Å². The van der Waals surface area contributed by atoms with E-state index in [1.807, 2.05) is 26.1 Å². The molecule has 0 bridgehead atoms. The molecule has 0 fully saturated rings.